The van der Waals surface area contributed by atoms with Gasteiger partial charge in [-0.1, -0.05) is 6.92 Å². The lowest BCUT2D eigenvalue weighted by Gasteiger charge is -2.11. The Hall–Kier alpha value is -2.04. The van der Waals surface area contributed by atoms with Gasteiger partial charge >= 0.3 is 0 Å². The van der Waals surface area contributed by atoms with E-state index in [4.69, 9.17) is 5.10 Å². The van der Waals surface area contributed by atoms with Crippen molar-refractivity contribution in [3.63, 3.8) is 0 Å². The lowest BCUT2D eigenvalue weighted by Crippen LogP contribution is -2.10. The second kappa shape index (κ2) is 6.22. The molecule has 5 nitrogen and oxygen atoms in total. The van der Waals surface area contributed by atoms with Gasteiger partial charge in [0.05, 0.1) is 6.04 Å². The minimum absolute atomic E-state index is 0.295. The molecule has 0 saturated heterocycles. The summed E-state index contributed by atoms with van der Waals surface area (Å²) in [6.07, 6.45) is 5.20. The van der Waals surface area contributed by atoms with Crippen LogP contribution in [0, 0.1) is 12.8 Å². The van der Waals surface area contributed by atoms with Crippen LogP contribution in [0.25, 0.3) is 11.3 Å². The Morgan fingerprint density at radius 3 is 2.65 bits per heavy atom. The van der Waals surface area contributed by atoms with E-state index in [1.165, 1.54) is 6.42 Å². The third-order valence-corrected chi connectivity index (χ3v) is 4.60. The van der Waals surface area contributed by atoms with Gasteiger partial charge in [-0.2, -0.15) is 5.10 Å². The summed E-state index contributed by atoms with van der Waals surface area (Å²) in [6, 6.07) is 4.63. The molecule has 2 heterocycles. The van der Waals surface area contributed by atoms with E-state index in [0.29, 0.717) is 23.9 Å². The molecule has 0 radical (unpaired) electrons. The van der Waals surface area contributed by atoms with E-state index >= 15 is 0 Å². The molecule has 1 aliphatic carbocycles. The summed E-state index contributed by atoms with van der Waals surface area (Å²) < 4.78 is 1.81. The molecular formula is C18H26N4O. The van der Waals surface area contributed by atoms with E-state index in [1.54, 1.807) is 0 Å². The van der Waals surface area contributed by atoms with Gasteiger partial charge in [-0.25, -0.2) is 9.67 Å². The number of hydrogen-bond acceptors (Lipinski definition) is 4. The maximum absolute atomic E-state index is 10.5. The van der Waals surface area contributed by atoms with E-state index in [0.717, 1.165) is 35.5 Å². The van der Waals surface area contributed by atoms with Gasteiger partial charge in [0.15, 0.2) is 0 Å². The summed E-state index contributed by atoms with van der Waals surface area (Å²) in [5.41, 5.74) is 2.60. The van der Waals surface area contributed by atoms with Gasteiger partial charge in [0.25, 0.3) is 0 Å². The fourth-order valence-electron chi connectivity index (χ4n) is 3.35. The maximum atomic E-state index is 10.5. The molecule has 0 aromatic carbocycles. The van der Waals surface area contributed by atoms with Crippen molar-refractivity contribution >= 4 is 5.82 Å². The average Bonchev–Trinajstić information content (AvgIpc) is 3.05. The zero-order valence-corrected chi connectivity index (χ0v) is 14.4. The zero-order valence-electron chi connectivity index (χ0n) is 14.4. The first-order chi connectivity index (χ1) is 11.0. The lowest BCUT2D eigenvalue weighted by atomic mass is 10.1. The van der Waals surface area contributed by atoms with Crippen LogP contribution in [0.15, 0.2) is 18.3 Å². The largest absolute Gasteiger partial charge is 0.493 e. The molecule has 0 unspecified atom stereocenters. The topological polar surface area (TPSA) is 63.0 Å². The number of pyridine rings is 1. The molecule has 23 heavy (non-hydrogen) atoms. The fourth-order valence-corrected chi connectivity index (χ4v) is 3.35. The monoisotopic (exact) mass is 314 g/mol. The van der Waals surface area contributed by atoms with Gasteiger partial charge in [0.2, 0.25) is 5.88 Å². The van der Waals surface area contributed by atoms with Crippen LogP contribution in [0.4, 0.5) is 5.82 Å². The Balaban J connectivity index is 1.88. The van der Waals surface area contributed by atoms with E-state index in [-0.39, 0.29) is 0 Å². The van der Waals surface area contributed by atoms with Gasteiger partial charge in [0.1, 0.15) is 11.5 Å². The molecule has 0 spiro atoms. The SMILES string of the molecule is Cc1c(-c2ccc(NC(C)C)nc2)nn([C@H]2CC[C@H](C)C2)c1O. The summed E-state index contributed by atoms with van der Waals surface area (Å²) >= 11 is 0. The van der Waals surface area contributed by atoms with E-state index in [2.05, 4.69) is 31.1 Å². The summed E-state index contributed by atoms with van der Waals surface area (Å²) in [5, 5.41) is 18.4. The van der Waals surface area contributed by atoms with Crippen LogP contribution in [0.5, 0.6) is 5.88 Å². The second-order valence-corrected chi connectivity index (χ2v) is 7.04. The van der Waals surface area contributed by atoms with Gasteiger partial charge < -0.3 is 10.4 Å². The highest BCUT2D eigenvalue weighted by molar-refractivity contribution is 5.65. The van der Waals surface area contributed by atoms with E-state index in [9.17, 15) is 5.11 Å². The van der Waals surface area contributed by atoms with Crippen LogP contribution in [-0.4, -0.2) is 25.9 Å². The first-order valence-electron chi connectivity index (χ1n) is 8.46. The Kier molecular flexibility index (Phi) is 4.28. The number of aromatic hydroxyl groups is 1. The predicted molar refractivity (Wildman–Crippen MR) is 92.7 cm³/mol. The lowest BCUT2D eigenvalue weighted by molar-refractivity contribution is 0.350. The first-order valence-corrected chi connectivity index (χ1v) is 8.46. The summed E-state index contributed by atoms with van der Waals surface area (Å²) in [4.78, 5) is 4.44. The maximum Gasteiger partial charge on any atom is 0.213 e. The molecule has 1 fully saturated rings. The van der Waals surface area contributed by atoms with E-state index < -0.39 is 0 Å². The molecule has 0 amide bonds. The predicted octanol–water partition coefficient (Wildman–Crippen LogP) is 4.14. The standard InChI is InChI=1S/C18H26N4O/c1-11(2)20-16-8-6-14(10-19-16)17-13(4)18(23)22(21-17)15-7-5-12(3)9-15/h6,8,10-12,15,23H,5,7,9H2,1-4H3,(H,19,20)/t12-,15-/m0/s1. The van der Waals surface area contributed by atoms with Crippen LogP contribution >= 0.6 is 0 Å². The summed E-state index contributed by atoms with van der Waals surface area (Å²) in [5.74, 6) is 1.86. The van der Waals surface area contributed by atoms with Gasteiger partial charge in [0, 0.05) is 23.4 Å². The van der Waals surface area contributed by atoms with Crippen LogP contribution in [0.3, 0.4) is 0 Å². The third kappa shape index (κ3) is 3.19. The van der Waals surface area contributed by atoms with Crippen LogP contribution in [0.1, 0.15) is 51.6 Å². The Labute approximate surface area is 137 Å². The smallest absolute Gasteiger partial charge is 0.213 e. The van der Waals surface area contributed by atoms with Crippen LogP contribution in [-0.2, 0) is 0 Å². The van der Waals surface area contributed by atoms with Crippen LogP contribution in [0.2, 0.25) is 0 Å². The molecule has 0 bridgehead atoms. The minimum atomic E-state index is 0.295. The normalized spacial score (nSPS) is 21.1. The van der Waals surface area contributed by atoms with Crippen LogP contribution < -0.4 is 5.32 Å². The number of aromatic nitrogens is 3. The number of anilines is 1. The molecule has 1 aliphatic rings. The van der Waals surface area contributed by atoms with Crippen molar-refractivity contribution in [3.8, 4) is 17.1 Å². The molecule has 5 heteroatoms. The molecule has 1 saturated carbocycles. The zero-order chi connectivity index (χ0) is 16.6. The highest BCUT2D eigenvalue weighted by atomic mass is 16.3. The highest BCUT2D eigenvalue weighted by Crippen LogP contribution is 2.39. The molecule has 2 atom stereocenters. The molecule has 0 aliphatic heterocycles. The molecule has 2 aromatic heterocycles. The highest BCUT2D eigenvalue weighted by Gasteiger charge is 2.27. The van der Waals surface area contributed by atoms with Crippen molar-refractivity contribution in [2.45, 2.75) is 59.0 Å². The van der Waals surface area contributed by atoms with Crippen molar-refractivity contribution in [1.29, 1.82) is 0 Å². The van der Waals surface area contributed by atoms with Gasteiger partial charge in [-0.3, -0.25) is 0 Å². The Morgan fingerprint density at radius 2 is 2.09 bits per heavy atom. The van der Waals surface area contributed by atoms with Crippen molar-refractivity contribution in [3.05, 3.63) is 23.9 Å². The minimum Gasteiger partial charge on any atom is -0.493 e. The van der Waals surface area contributed by atoms with Gasteiger partial charge in [-0.05, 0) is 58.1 Å². The molecule has 3 rings (SSSR count). The van der Waals surface area contributed by atoms with Gasteiger partial charge in [-0.15, -0.1) is 0 Å². The Morgan fingerprint density at radius 1 is 1.30 bits per heavy atom. The summed E-state index contributed by atoms with van der Waals surface area (Å²) in [6.45, 7) is 8.36. The number of nitrogens with one attached hydrogen (secondary N) is 1. The van der Waals surface area contributed by atoms with Crippen molar-refractivity contribution in [2.24, 2.45) is 5.92 Å². The molecule has 124 valence electrons. The van der Waals surface area contributed by atoms with Crippen molar-refractivity contribution < 1.29 is 5.11 Å². The molecular weight excluding hydrogens is 288 g/mol. The van der Waals surface area contributed by atoms with Crippen molar-refractivity contribution in [2.75, 3.05) is 5.32 Å². The number of rotatable bonds is 4. The van der Waals surface area contributed by atoms with E-state index in [1.807, 2.05) is 29.9 Å². The van der Waals surface area contributed by atoms with Crippen molar-refractivity contribution in [1.82, 2.24) is 14.8 Å². The number of hydrogen-bond donors (Lipinski definition) is 2. The Bertz CT molecular complexity index is 675. The third-order valence-electron chi connectivity index (χ3n) is 4.60. The number of nitrogens with zero attached hydrogens (tertiary/aromatic N) is 3. The average molecular weight is 314 g/mol. The molecule has 2 aromatic rings. The molecule has 2 N–H and O–H groups in total. The quantitative estimate of drug-likeness (QED) is 0.890. The fraction of sp³-hybridized carbons (Fsp3) is 0.556. The first kappa shape index (κ1) is 15.8. The second-order valence-electron chi connectivity index (χ2n) is 7.04. The summed E-state index contributed by atoms with van der Waals surface area (Å²) in [7, 11) is 0.